The Morgan fingerprint density at radius 2 is 1.35 bits per heavy atom. The first-order chi connectivity index (χ1) is 14.9. The van der Waals surface area contributed by atoms with Gasteiger partial charge in [0.1, 0.15) is 0 Å². The number of hydrogen-bond acceptors (Lipinski definition) is 3. The Balaban J connectivity index is 2.39. The van der Waals surface area contributed by atoms with E-state index in [-0.39, 0.29) is 31.1 Å². The Hall–Kier alpha value is -1.37. The number of imide groups is 1. The first kappa shape index (κ1) is 25.9. The number of carboxylic acids is 1. The average molecular weight is 536 g/mol. The quantitative estimate of drug-likeness (QED) is 0.255. The molecule has 5 nitrogen and oxygen atoms in total. The molecule has 0 saturated carbocycles. The van der Waals surface area contributed by atoms with Crippen LogP contribution in [0, 0.1) is 0 Å². The number of likely N-dealkylation sites (tertiary alicyclic amines) is 1. The van der Waals surface area contributed by atoms with Crippen molar-refractivity contribution in [3.8, 4) is 0 Å². The topological polar surface area (TPSA) is 74.7 Å². The van der Waals surface area contributed by atoms with Gasteiger partial charge in [0.2, 0.25) is 0 Å². The second-order valence-electron chi connectivity index (χ2n) is 8.98. The van der Waals surface area contributed by atoms with E-state index in [1.165, 1.54) is 60.3 Å². The van der Waals surface area contributed by atoms with E-state index in [2.05, 4.69) is 32.9 Å². The molecule has 0 bridgehead atoms. The van der Waals surface area contributed by atoms with Crippen LogP contribution in [0.3, 0.4) is 0 Å². The summed E-state index contributed by atoms with van der Waals surface area (Å²) in [6.07, 6.45) is 7.61. The molecule has 1 aliphatic heterocycles. The summed E-state index contributed by atoms with van der Waals surface area (Å²) in [4.78, 5) is 37.2. The second kappa shape index (κ2) is 12.6. The van der Waals surface area contributed by atoms with Crippen LogP contribution in [-0.2, 0) is 14.4 Å². The first-order valence-electron chi connectivity index (χ1n) is 12.1. The van der Waals surface area contributed by atoms with Gasteiger partial charge in [-0.15, -0.1) is 0 Å². The van der Waals surface area contributed by atoms with Crippen LogP contribution in [0.15, 0.2) is 24.3 Å². The van der Waals surface area contributed by atoms with E-state index < -0.39 is 30.4 Å². The molecular formula is C25H39NO4Sn. The molecule has 1 aromatic carbocycles. The van der Waals surface area contributed by atoms with Crippen LogP contribution in [0.2, 0.25) is 13.3 Å². The predicted molar refractivity (Wildman–Crippen MR) is 127 cm³/mol. The molecule has 1 unspecified atom stereocenters. The minimum absolute atomic E-state index is 0.178. The van der Waals surface area contributed by atoms with Crippen molar-refractivity contribution in [3.63, 3.8) is 0 Å². The number of aliphatic carboxylic acids is 1. The van der Waals surface area contributed by atoms with E-state index >= 15 is 0 Å². The molecule has 6 heteroatoms. The van der Waals surface area contributed by atoms with Crippen LogP contribution < -0.4 is 3.58 Å². The van der Waals surface area contributed by atoms with Crippen molar-refractivity contribution in [2.45, 2.75) is 97.9 Å². The first-order valence-corrected chi connectivity index (χ1v) is 19.5. The number of unbranched alkanes of at least 4 members (excludes halogenated alkanes) is 3. The van der Waals surface area contributed by atoms with Crippen LogP contribution in [0.1, 0.15) is 90.2 Å². The van der Waals surface area contributed by atoms with Gasteiger partial charge in [-0.3, -0.25) is 0 Å². The third-order valence-corrected chi connectivity index (χ3v) is 22.4. The van der Waals surface area contributed by atoms with Gasteiger partial charge in [0, 0.05) is 0 Å². The van der Waals surface area contributed by atoms with Crippen molar-refractivity contribution in [1.82, 2.24) is 4.90 Å². The third kappa shape index (κ3) is 6.80. The van der Waals surface area contributed by atoms with Crippen molar-refractivity contribution in [1.29, 1.82) is 0 Å². The van der Waals surface area contributed by atoms with Gasteiger partial charge in [-0.1, -0.05) is 0 Å². The summed E-state index contributed by atoms with van der Waals surface area (Å²) in [7, 11) is 0. The summed E-state index contributed by atoms with van der Waals surface area (Å²) in [5, 5.41) is 9.41. The number of carboxylic acid groups (broad SMARTS) is 1. The Kier molecular flexibility index (Phi) is 10.5. The summed E-state index contributed by atoms with van der Waals surface area (Å²) in [5.74, 6) is -1.52. The summed E-state index contributed by atoms with van der Waals surface area (Å²) in [6.45, 7) is 6.79. The number of amides is 2. The Morgan fingerprint density at radius 3 is 1.74 bits per heavy atom. The van der Waals surface area contributed by atoms with Crippen LogP contribution in [0.25, 0.3) is 0 Å². The van der Waals surface area contributed by atoms with Gasteiger partial charge in [0.05, 0.1) is 0 Å². The molecule has 31 heavy (non-hydrogen) atoms. The minimum atomic E-state index is -2.56. The molecule has 0 aliphatic carbocycles. The van der Waals surface area contributed by atoms with Crippen molar-refractivity contribution in [2.24, 2.45) is 0 Å². The zero-order valence-corrected chi connectivity index (χ0v) is 22.3. The van der Waals surface area contributed by atoms with Gasteiger partial charge in [-0.05, 0) is 0 Å². The Labute approximate surface area is 191 Å². The third-order valence-electron chi connectivity index (χ3n) is 6.70. The van der Waals surface area contributed by atoms with Crippen molar-refractivity contribution >= 4 is 39.7 Å². The van der Waals surface area contributed by atoms with Gasteiger partial charge < -0.3 is 0 Å². The van der Waals surface area contributed by atoms with Gasteiger partial charge >= 0.3 is 192 Å². The van der Waals surface area contributed by atoms with Crippen LogP contribution >= 0.6 is 0 Å². The summed E-state index contributed by atoms with van der Waals surface area (Å²) in [5.41, 5.74) is 0.761. The molecule has 0 radical (unpaired) electrons. The van der Waals surface area contributed by atoms with E-state index in [0.29, 0.717) is 0 Å². The molecule has 1 saturated heterocycles. The van der Waals surface area contributed by atoms with E-state index in [9.17, 15) is 19.5 Å². The predicted octanol–water partition coefficient (Wildman–Crippen LogP) is 5.41. The van der Waals surface area contributed by atoms with Crippen molar-refractivity contribution in [3.05, 3.63) is 29.8 Å². The molecule has 1 fully saturated rings. The van der Waals surface area contributed by atoms with E-state index in [4.69, 9.17) is 0 Å². The second-order valence-corrected chi connectivity index (χ2v) is 22.2. The number of carbonyl (C=O) groups is 3. The normalized spacial score (nSPS) is 15.5. The molecule has 0 spiro atoms. The summed E-state index contributed by atoms with van der Waals surface area (Å²) < 4.78 is 5.62. The fourth-order valence-corrected chi connectivity index (χ4v) is 20.8. The molecule has 1 aromatic rings. The number of hydrogen-bond donors (Lipinski definition) is 1. The molecule has 1 N–H and O–H groups in total. The molecule has 2 amide bonds. The monoisotopic (exact) mass is 537 g/mol. The molecular weight excluding hydrogens is 497 g/mol. The number of benzene rings is 1. The van der Waals surface area contributed by atoms with Crippen molar-refractivity contribution in [2.75, 3.05) is 0 Å². The van der Waals surface area contributed by atoms with E-state index in [1.807, 2.05) is 12.1 Å². The molecule has 1 atom stereocenters. The van der Waals surface area contributed by atoms with E-state index in [0.717, 1.165) is 5.56 Å². The van der Waals surface area contributed by atoms with Crippen molar-refractivity contribution < 1.29 is 19.5 Å². The Bertz CT molecular complexity index is 709. The zero-order chi connectivity index (χ0) is 22.9. The van der Waals surface area contributed by atoms with Crippen LogP contribution in [0.5, 0.6) is 0 Å². The maximum atomic E-state index is 12.3. The molecule has 2 rings (SSSR count). The van der Waals surface area contributed by atoms with Gasteiger partial charge in [-0.25, -0.2) is 0 Å². The molecule has 0 aromatic heterocycles. The van der Waals surface area contributed by atoms with Crippen LogP contribution in [-0.4, -0.2) is 46.2 Å². The zero-order valence-electron chi connectivity index (χ0n) is 19.5. The SMILES string of the molecule is CCC[CH2][Sn]([CH2]CCC)([CH2]CCC)[c]1ccc(C(CC(=O)O)N2C(=O)CCC2=O)cc1. The molecule has 1 heterocycles. The number of carbonyl (C=O) groups excluding carboxylic acids is 2. The van der Waals surface area contributed by atoms with Gasteiger partial charge in [0.25, 0.3) is 0 Å². The summed E-state index contributed by atoms with van der Waals surface area (Å²) >= 11 is -2.56. The fraction of sp³-hybridized carbons (Fsp3) is 0.640. The molecule has 1 aliphatic rings. The molecule has 172 valence electrons. The maximum absolute atomic E-state index is 12.3. The van der Waals surface area contributed by atoms with Gasteiger partial charge in [-0.2, -0.15) is 0 Å². The fourth-order valence-electron chi connectivity index (χ4n) is 4.88. The average Bonchev–Trinajstić information content (AvgIpc) is 3.10. The Morgan fingerprint density at radius 1 is 0.903 bits per heavy atom. The van der Waals surface area contributed by atoms with E-state index in [1.54, 1.807) is 0 Å². The number of nitrogens with zero attached hydrogens (tertiary/aromatic N) is 1. The van der Waals surface area contributed by atoms with Gasteiger partial charge in [0.15, 0.2) is 0 Å². The van der Waals surface area contributed by atoms with Crippen LogP contribution in [0.4, 0.5) is 0 Å². The standard InChI is InChI=1S/C13H12NO4.3C4H9.Sn/c15-11-6-7-12(16)14(11)10(8-13(17)18)9-4-2-1-3-5-9;3*1-3-4-2;/h2-5,10H,6-8H2,(H,17,18);3*1,3-4H2,2H3;. The summed E-state index contributed by atoms with van der Waals surface area (Å²) in [6, 6.07) is 7.72. The number of rotatable bonds is 14.